The summed E-state index contributed by atoms with van der Waals surface area (Å²) in [5.74, 6) is 0.749. The molecule has 5 heteroatoms. The summed E-state index contributed by atoms with van der Waals surface area (Å²) in [6.45, 7) is 4.12. The van der Waals surface area contributed by atoms with E-state index in [1.165, 1.54) is 11.8 Å². The first-order valence-electron chi connectivity index (χ1n) is 8.56. The highest BCUT2D eigenvalue weighted by molar-refractivity contribution is 8.26. The predicted molar refractivity (Wildman–Crippen MR) is 114 cm³/mol. The van der Waals surface area contributed by atoms with Crippen LogP contribution in [0.25, 0.3) is 6.08 Å². The second-order valence-corrected chi connectivity index (χ2v) is 7.85. The minimum Gasteiger partial charge on any atom is -0.480 e. The van der Waals surface area contributed by atoms with Crippen molar-refractivity contribution in [2.75, 3.05) is 6.54 Å². The first-order chi connectivity index (χ1) is 13.2. The van der Waals surface area contributed by atoms with Gasteiger partial charge >= 0.3 is 0 Å². The monoisotopic (exact) mass is 391 g/mol. The topological polar surface area (TPSA) is 29.5 Å². The summed E-state index contributed by atoms with van der Waals surface area (Å²) in [6, 6.07) is 17.9. The third-order valence-corrected chi connectivity index (χ3v) is 5.75. The smallest absolute Gasteiger partial charge is 0.266 e. The molecule has 1 unspecified atom stereocenters. The third-order valence-electron chi connectivity index (χ3n) is 4.37. The van der Waals surface area contributed by atoms with Gasteiger partial charge in [-0.3, -0.25) is 9.69 Å². The van der Waals surface area contributed by atoms with E-state index in [2.05, 4.69) is 12.7 Å². The van der Waals surface area contributed by atoms with Gasteiger partial charge in [-0.25, -0.2) is 0 Å². The number of fused-ring (bicyclic) bond motifs is 1. The van der Waals surface area contributed by atoms with Crippen molar-refractivity contribution < 1.29 is 9.53 Å². The number of para-hydroxylation sites is 1. The number of thiocarbonyl (C=S) groups is 1. The minimum absolute atomic E-state index is 0.0866. The zero-order chi connectivity index (χ0) is 18.8. The number of thioether (sulfide) groups is 1. The average Bonchev–Trinajstić information content (AvgIpc) is 2.96. The molecular formula is C22H17NO2S2. The second-order valence-electron chi connectivity index (χ2n) is 6.17. The number of benzene rings is 2. The second kappa shape index (κ2) is 7.55. The van der Waals surface area contributed by atoms with E-state index in [-0.39, 0.29) is 12.0 Å². The fraction of sp³-hybridized carbons (Fsp3) is 0.0909. The van der Waals surface area contributed by atoms with Crippen molar-refractivity contribution in [3.05, 3.63) is 94.9 Å². The molecule has 2 aromatic carbocycles. The van der Waals surface area contributed by atoms with Crippen molar-refractivity contribution in [2.24, 2.45) is 0 Å². The molecule has 0 spiro atoms. The van der Waals surface area contributed by atoms with E-state index in [0.29, 0.717) is 15.8 Å². The Bertz CT molecular complexity index is 979. The maximum absolute atomic E-state index is 12.7. The molecule has 4 rings (SSSR count). The SMILES string of the molecule is C=CCN1C(=O)C(=CC2=Cc3ccccc3OC2c2ccccc2)SC1=S. The number of carbonyl (C=O) groups is 1. The molecule has 2 heterocycles. The predicted octanol–water partition coefficient (Wildman–Crippen LogP) is 5.13. The van der Waals surface area contributed by atoms with Crippen molar-refractivity contribution in [2.45, 2.75) is 6.10 Å². The van der Waals surface area contributed by atoms with Crippen molar-refractivity contribution in [3.8, 4) is 5.75 Å². The van der Waals surface area contributed by atoms with E-state index in [0.717, 1.165) is 22.4 Å². The summed E-state index contributed by atoms with van der Waals surface area (Å²) in [4.78, 5) is 14.9. The van der Waals surface area contributed by atoms with Gasteiger partial charge in [0.2, 0.25) is 0 Å². The summed E-state index contributed by atoms with van der Waals surface area (Å²) >= 11 is 6.66. The molecule has 3 nitrogen and oxygen atoms in total. The Hall–Kier alpha value is -2.63. The largest absolute Gasteiger partial charge is 0.480 e. The van der Waals surface area contributed by atoms with Crippen LogP contribution in [-0.2, 0) is 4.79 Å². The molecule has 1 amide bonds. The van der Waals surface area contributed by atoms with Crippen LogP contribution < -0.4 is 4.74 Å². The fourth-order valence-corrected chi connectivity index (χ4v) is 4.38. The van der Waals surface area contributed by atoms with Gasteiger partial charge in [0.05, 0.1) is 4.91 Å². The third kappa shape index (κ3) is 3.48. The normalized spacial score (nSPS) is 20.3. The molecule has 1 atom stereocenters. The lowest BCUT2D eigenvalue weighted by Gasteiger charge is -2.26. The van der Waals surface area contributed by atoms with Gasteiger partial charge in [0, 0.05) is 12.1 Å². The van der Waals surface area contributed by atoms with E-state index in [1.54, 1.807) is 11.0 Å². The Labute approximate surface area is 168 Å². The van der Waals surface area contributed by atoms with E-state index < -0.39 is 0 Å². The molecule has 0 radical (unpaired) electrons. The molecule has 0 N–H and O–H groups in total. The summed E-state index contributed by atoms with van der Waals surface area (Å²) in [5, 5.41) is 0. The van der Waals surface area contributed by atoms with Gasteiger partial charge in [-0.1, -0.05) is 78.6 Å². The van der Waals surface area contributed by atoms with Gasteiger partial charge in [0.25, 0.3) is 5.91 Å². The number of rotatable bonds is 4. The van der Waals surface area contributed by atoms with Crippen LogP contribution in [0.4, 0.5) is 0 Å². The van der Waals surface area contributed by atoms with Crippen LogP contribution in [0, 0.1) is 0 Å². The molecule has 134 valence electrons. The number of hydrogen-bond acceptors (Lipinski definition) is 4. The van der Waals surface area contributed by atoms with Gasteiger partial charge in [-0.05, 0) is 29.4 Å². The van der Waals surface area contributed by atoms with E-state index >= 15 is 0 Å². The van der Waals surface area contributed by atoms with Gasteiger partial charge in [0.1, 0.15) is 16.2 Å². The fourth-order valence-electron chi connectivity index (χ4n) is 3.10. The van der Waals surface area contributed by atoms with Crippen LogP contribution in [0.5, 0.6) is 5.75 Å². The lowest BCUT2D eigenvalue weighted by atomic mass is 9.95. The molecule has 2 aliphatic heterocycles. The van der Waals surface area contributed by atoms with Gasteiger partial charge < -0.3 is 4.74 Å². The van der Waals surface area contributed by atoms with Crippen LogP contribution >= 0.6 is 24.0 Å². The zero-order valence-electron chi connectivity index (χ0n) is 14.5. The first-order valence-corrected chi connectivity index (χ1v) is 9.78. The van der Waals surface area contributed by atoms with E-state index in [4.69, 9.17) is 17.0 Å². The highest BCUT2D eigenvalue weighted by Gasteiger charge is 2.33. The Balaban J connectivity index is 1.76. The van der Waals surface area contributed by atoms with E-state index in [9.17, 15) is 4.79 Å². The zero-order valence-corrected chi connectivity index (χ0v) is 16.1. The number of hydrogen-bond donors (Lipinski definition) is 0. The van der Waals surface area contributed by atoms with Crippen molar-refractivity contribution in [3.63, 3.8) is 0 Å². The molecule has 2 aliphatic rings. The van der Waals surface area contributed by atoms with Crippen LogP contribution in [0.3, 0.4) is 0 Å². The average molecular weight is 392 g/mol. The van der Waals surface area contributed by atoms with Gasteiger partial charge in [-0.15, -0.1) is 6.58 Å². The molecular weight excluding hydrogens is 374 g/mol. The summed E-state index contributed by atoms with van der Waals surface area (Å²) in [6.07, 6.45) is 5.38. The van der Waals surface area contributed by atoms with Crippen molar-refractivity contribution >= 4 is 40.3 Å². The number of amides is 1. The quantitative estimate of drug-likeness (QED) is 0.410. The highest BCUT2D eigenvalue weighted by Crippen LogP contribution is 2.40. The molecule has 2 aromatic rings. The highest BCUT2D eigenvalue weighted by atomic mass is 32.2. The number of ether oxygens (including phenoxy) is 1. The van der Waals surface area contributed by atoms with E-state index in [1.807, 2.05) is 60.7 Å². The Morgan fingerprint density at radius 3 is 2.67 bits per heavy atom. The lowest BCUT2D eigenvalue weighted by molar-refractivity contribution is -0.121. The Morgan fingerprint density at radius 1 is 1.15 bits per heavy atom. The minimum atomic E-state index is -0.274. The molecule has 27 heavy (non-hydrogen) atoms. The van der Waals surface area contributed by atoms with Gasteiger partial charge in [-0.2, -0.15) is 0 Å². The van der Waals surface area contributed by atoms with Crippen LogP contribution in [-0.4, -0.2) is 21.7 Å². The number of nitrogens with zero attached hydrogens (tertiary/aromatic N) is 1. The molecule has 1 fully saturated rings. The van der Waals surface area contributed by atoms with Crippen LogP contribution in [0.15, 0.2) is 83.8 Å². The maximum atomic E-state index is 12.7. The summed E-state index contributed by atoms with van der Waals surface area (Å²) < 4.78 is 6.84. The van der Waals surface area contributed by atoms with Crippen molar-refractivity contribution in [1.29, 1.82) is 0 Å². The molecule has 1 saturated heterocycles. The van der Waals surface area contributed by atoms with Crippen LogP contribution in [0.2, 0.25) is 0 Å². The first kappa shape index (κ1) is 17.8. The molecule has 0 aliphatic carbocycles. The molecule has 0 saturated carbocycles. The molecule has 0 aromatic heterocycles. The summed E-state index contributed by atoms with van der Waals surface area (Å²) in [7, 11) is 0. The lowest BCUT2D eigenvalue weighted by Crippen LogP contribution is -2.28. The van der Waals surface area contributed by atoms with Crippen LogP contribution in [0.1, 0.15) is 17.2 Å². The van der Waals surface area contributed by atoms with Crippen molar-refractivity contribution in [1.82, 2.24) is 4.90 Å². The van der Waals surface area contributed by atoms with Gasteiger partial charge in [0.15, 0.2) is 0 Å². The molecule has 0 bridgehead atoms. The summed E-state index contributed by atoms with van der Waals surface area (Å²) in [5.41, 5.74) is 2.97. The Kier molecular flexibility index (Phi) is 4.97. The number of carbonyl (C=O) groups excluding carboxylic acids is 1. The Morgan fingerprint density at radius 2 is 1.89 bits per heavy atom. The standard InChI is InChI=1S/C22H17NO2S2/c1-2-12-23-21(24)19(27-22(23)26)14-17-13-16-10-6-7-11-18(16)25-20(17)15-8-4-3-5-9-15/h2-11,13-14,20H,1,12H2. The maximum Gasteiger partial charge on any atom is 0.266 e.